The molecule has 0 aliphatic rings. The van der Waals surface area contributed by atoms with Crippen LogP contribution in [-0.2, 0) is 23.9 Å². The first-order chi connectivity index (χ1) is 10.9. The third-order valence-corrected chi connectivity index (χ3v) is 3.33. The highest BCUT2D eigenvalue weighted by atomic mass is 19.4. The summed E-state index contributed by atoms with van der Waals surface area (Å²) >= 11 is 0. The number of alkyl halides is 3. The number of amides is 1. The minimum Gasteiger partial charge on any atom is -0.352 e. The number of hydrogen-bond acceptors (Lipinski definition) is 2. The summed E-state index contributed by atoms with van der Waals surface area (Å²) in [5, 5.41) is 2.70. The molecule has 1 heterocycles. The van der Waals surface area contributed by atoms with Gasteiger partial charge in [-0.1, -0.05) is 18.2 Å². The molecule has 1 amide bonds. The third kappa shape index (κ3) is 5.73. The molecular formula is C17H17F3N2O. The largest absolute Gasteiger partial charge is 0.416 e. The molecule has 2 rings (SSSR count). The van der Waals surface area contributed by atoms with Crippen LogP contribution in [0.5, 0.6) is 0 Å². The summed E-state index contributed by atoms with van der Waals surface area (Å²) in [7, 11) is 0. The molecule has 0 saturated carbocycles. The fraction of sp³-hybridized carbons (Fsp3) is 0.294. The fourth-order valence-electron chi connectivity index (χ4n) is 2.08. The van der Waals surface area contributed by atoms with E-state index in [1.54, 1.807) is 6.20 Å². The van der Waals surface area contributed by atoms with Crippen molar-refractivity contribution in [1.29, 1.82) is 0 Å². The van der Waals surface area contributed by atoms with Crippen molar-refractivity contribution in [3.05, 3.63) is 65.5 Å². The number of pyridine rings is 1. The van der Waals surface area contributed by atoms with Gasteiger partial charge in [-0.3, -0.25) is 9.78 Å². The van der Waals surface area contributed by atoms with Gasteiger partial charge in [0, 0.05) is 24.9 Å². The Labute approximate surface area is 132 Å². The van der Waals surface area contributed by atoms with Gasteiger partial charge in [-0.25, -0.2) is 0 Å². The zero-order valence-corrected chi connectivity index (χ0v) is 12.4. The molecule has 1 N–H and O–H groups in total. The zero-order chi connectivity index (χ0) is 16.7. The smallest absolute Gasteiger partial charge is 0.352 e. The number of rotatable bonds is 6. The maximum absolute atomic E-state index is 12.4. The van der Waals surface area contributed by atoms with E-state index in [9.17, 15) is 18.0 Å². The Morgan fingerprint density at radius 2 is 1.83 bits per heavy atom. The number of nitrogens with zero attached hydrogens (tertiary/aromatic N) is 1. The van der Waals surface area contributed by atoms with E-state index in [1.807, 2.05) is 18.2 Å². The van der Waals surface area contributed by atoms with Crippen LogP contribution in [0.3, 0.4) is 0 Å². The van der Waals surface area contributed by atoms with E-state index in [0.29, 0.717) is 24.8 Å². The van der Waals surface area contributed by atoms with Crippen molar-refractivity contribution in [2.75, 3.05) is 0 Å². The molecule has 3 nitrogen and oxygen atoms in total. The first kappa shape index (κ1) is 17.0. The summed E-state index contributed by atoms with van der Waals surface area (Å²) in [6.45, 7) is 0.223. The Morgan fingerprint density at radius 3 is 2.43 bits per heavy atom. The molecule has 2 aromatic rings. The highest BCUT2D eigenvalue weighted by molar-refractivity contribution is 5.75. The standard InChI is InChI=1S/C17H17F3N2O/c18-17(19,20)14-9-7-13(8-10-14)12-22-16(23)6-3-5-15-4-1-2-11-21-15/h1-2,4,7-11H,3,5-6,12H2,(H,22,23). The Morgan fingerprint density at radius 1 is 1.09 bits per heavy atom. The van der Waals surface area contributed by atoms with Gasteiger partial charge in [-0.2, -0.15) is 13.2 Å². The topological polar surface area (TPSA) is 42.0 Å². The van der Waals surface area contributed by atoms with Crippen LogP contribution in [0.15, 0.2) is 48.7 Å². The molecule has 6 heteroatoms. The van der Waals surface area contributed by atoms with Gasteiger partial charge in [0.25, 0.3) is 0 Å². The summed E-state index contributed by atoms with van der Waals surface area (Å²) in [5.74, 6) is -0.124. The van der Waals surface area contributed by atoms with E-state index in [1.165, 1.54) is 12.1 Å². The second kappa shape index (κ2) is 7.76. The van der Waals surface area contributed by atoms with Crippen LogP contribution in [0.1, 0.15) is 29.7 Å². The number of carbonyl (C=O) groups is 1. The lowest BCUT2D eigenvalue weighted by molar-refractivity contribution is -0.137. The van der Waals surface area contributed by atoms with Crippen LogP contribution in [-0.4, -0.2) is 10.9 Å². The average molecular weight is 322 g/mol. The Hall–Kier alpha value is -2.37. The van der Waals surface area contributed by atoms with Crippen LogP contribution < -0.4 is 5.32 Å². The van der Waals surface area contributed by atoms with Crippen molar-refractivity contribution < 1.29 is 18.0 Å². The van der Waals surface area contributed by atoms with Crippen molar-refractivity contribution >= 4 is 5.91 Å². The van der Waals surface area contributed by atoms with Crippen molar-refractivity contribution in [3.63, 3.8) is 0 Å². The predicted octanol–water partition coefficient (Wildman–Crippen LogP) is 3.74. The van der Waals surface area contributed by atoms with Crippen LogP contribution in [0.2, 0.25) is 0 Å². The molecule has 0 spiro atoms. The van der Waals surface area contributed by atoms with Crippen molar-refractivity contribution in [2.24, 2.45) is 0 Å². The first-order valence-electron chi connectivity index (χ1n) is 7.28. The summed E-state index contributed by atoms with van der Waals surface area (Å²) in [6, 6.07) is 10.4. The monoisotopic (exact) mass is 322 g/mol. The minimum absolute atomic E-state index is 0.124. The molecule has 0 atom stereocenters. The normalized spacial score (nSPS) is 11.3. The minimum atomic E-state index is -4.34. The van der Waals surface area contributed by atoms with Gasteiger partial charge >= 0.3 is 6.18 Å². The number of nitrogens with one attached hydrogen (secondary N) is 1. The second-order valence-electron chi connectivity index (χ2n) is 5.15. The van der Waals surface area contributed by atoms with Crippen LogP contribution in [0, 0.1) is 0 Å². The summed E-state index contributed by atoms with van der Waals surface area (Å²) in [4.78, 5) is 15.9. The molecule has 23 heavy (non-hydrogen) atoms. The van der Waals surface area contributed by atoms with Gasteiger partial charge in [0.1, 0.15) is 0 Å². The Balaban J connectivity index is 1.72. The average Bonchev–Trinajstić information content (AvgIpc) is 2.53. The lowest BCUT2D eigenvalue weighted by Crippen LogP contribution is -2.22. The van der Waals surface area contributed by atoms with Gasteiger partial charge in [0.15, 0.2) is 0 Å². The van der Waals surface area contributed by atoms with E-state index in [4.69, 9.17) is 0 Å². The zero-order valence-electron chi connectivity index (χ0n) is 12.4. The fourth-order valence-corrected chi connectivity index (χ4v) is 2.08. The van der Waals surface area contributed by atoms with Crippen LogP contribution >= 0.6 is 0 Å². The summed E-state index contributed by atoms with van der Waals surface area (Å²) in [6.07, 6.45) is -0.880. The van der Waals surface area contributed by atoms with Gasteiger partial charge in [-0.15, -0.1) is 0 Å². The maximum Gasteiger partial charge on any atom is 0.416 e. The number of benzene rings is 1. The van der Waals surface area contributed by atoms with E-state index in [2.05, 4.69) is 10.3 Å². The Bertz CT molecular complexity index is 625. The molecular weight excluding hydrogens is 305 g/mol. The van der Waals surface area contributed by atoms with Crippen molar-refractivity contribution in [2.45, 2.75) is 32.0 Å². The second-order valence-corrected chi connectivity index (χ2v) is 5.15. The van der Waals surface area contributed by atoms with Crippen LogP contribution in [0.25, 0.3) is 0 Å². The SMILES string of the molecule is O=C(CCCc1ccccn1)NCc1ccc(C(F)(F)F)cc1. The van der Waals surface area contributed by atoms with E-state index < -0.39 is 11.7 Å². The maximum atomic E-state index is 12.4. The summed E-state index contributed by atoms with van der Waals surface area (Å²) < 4.78 is 37.3. The number of carbonyl (C=O) groups excluding carboxylic acids is 1. The van der Waals surface area contributed by atoms with E-state index in [-0.39, 0.29) is 12.5 Å². The first-order valence-corrected chi connectivity index (χ1v) is 7.28. The van der Waals surface area contributed by atoms with Gasteiger partial charge in [0.05, 0.1) is 5.56 Å². The van der Waals surface area contributed by atoms with Crippen molar-refractivity contribution in [1.82, 2.24) is 10.3 Å². The predicted molar refractivity (Wildman–Crippen MR) is 80.5 cm³/mol. The van der Waals surface area contributed by atoms with Gasteiger partial charge in [0.2, 0.25) is 5.91 Å². The third-order valence-electron chi connectivity index (χ3n) is 3.33. The lowest BCUT2D eigenvalue weighted by atomic mass is 10.1. The van der Waals surface area contributed by atoms with Crippen molar-refractivity contribution in [3.8, 4) is 0 Å². The lowest BCUT2D eigenvalue weighted by Gasteiger charge is -2.08. The number of aromatic nitrogens is 1. The van der Waals surface area contributed by atoms with E-state index in [0.717, 1.165) is 17.8 Å². The van der Waals surface area contributed by atoms with E-state index >= 15 is 0 Å². The molecule has 1 aromatic heterocycles. The molecule has 0 unspecified atom stereocenters. The highest BCUT2D eigenvalue weighted by Crippen LogP contribution is 2.29. The molecule has 0 bridgehead atoms. The molecule has 0 fully saturated rings. The number of hydrogen-bond donors (Lipinski definition) is 1. The molecule has 0 radical (unpaired) electrons. The highest BCUT2D eigenvalue weighted by Gasteiger charge is 2.29. The molecule has 0 aliphatic carbocycles. The molecule has 122 valence electrons. The summed E-state index contributed by atoms with van der Waals surface area (Å²) in [5.41, 5.74) is 0.877. The van der Waals surface area contributed by atoms with Crippen LogP contribution in [0.4, 0.5) is 13.2 Å². The number of aryl methyl sites for hydroxylation is 1. The Kier molecular flexibility index (Phi) is 5.73. The molecule has 1 aromatic carbocycles. The van der Waals surface area contributed by atoms with Gasteiger partial charge in [-0.05, 0) is 42.7 Å². The molecule has 0 aliphatic heterocycles. The van der Waals surface area contributed by atoms with Gasteiger partial charge < -0.3 is 5.32 Å². The number of halogens is 3. The quantitative estimate of drug-likeness (QED) is 0.880. The molecule has 0 saturated heterocycles.